The Kier molecular flexibility index (Phi) is 5.26. The van der Waals surface area contributed by atoms with Gasteiger partial charge in [-0.3, -0.25) is 4.79 Å². The van der Waals surface area contributed by atoms with Crippen LogP contribution in [0.5, 0.6) is 0 Å². The second kappa shape index (κ2) is 7.17. The van der Waals surface area contributed by atoms with Crippen molar-refractivity contribution in [1.82, 2.24) is 4.98 Å². The van der Waals surface area contributed by atoms with E-state index in [1.54, 1.807) is 5.38 Å². The van der Waals surface area contributed by atoms with Crippen molar-refractivity contribution in [2.24, 2.45) is 0 Å². The molecule has 1 N–H and O–H groups in total. The van der Waals surface area contributed by atoms with Crippen molar-refractivity contribution in [1.29, 1.82) is 0 Å². The standard InChI is InChI=1S/C15H17NO3S/c1-2-6-19-9-11-4-3-5-12(7-11)15-16-13(10-20-15)8-14(17)18/h3-5,7,10H,2,6,8-9H2,1H3,(H,17,18). The minimum atomic E-state index is -0.858. The fourth-order valence-corrected chi connectivity index (χ4v) is 2.62. The molecule has 1 heterocycles. The van der Waals surface area contributed by atoms with Crippen molar-refractivity contribution in [2.45, 2.75) is 26.4 Å². The van der Waals surface area contributed by atoms with E-state index in [-0.39, 0.29) is 6.42 Å². The highest BCUT2D eigenvalue weighted by Gasteiger charge is 2.08. The first-order chi connectivity index (χ1) is 9.69. The highest BCUT2D eigenvalue weighted by Crippen LogP contribution is 2.25. The predicted molar refractivity (Wildman–Crippen MR) is 78.8 cm³/mol. The van der Waals surface area contributed by atoms with Gasteiger partial charge in [0, 0.05) is 17.6 Å². The van der Waals surface area contributed by atoms with Crippen molar-refractivity contribution < 1.29 is 14.6 Å². The van der Waals surface area contributed by atoms with E-state index in [0.29, 0.717) is 12.3 Å². The Balaban J connectivity index is 2.09. The smallest absolute Gasteiger partial charge is 0.309 e. The van der Waals surface area contributed by atoms with E-state index >= 15 is 0 Å². The minimum absolute atomic E-state index is 0.0319. The summed E-state index contributed by atoms with van der Waals surface area (Å²) in [7, 11) is 0. The van der Waals surface area contributed by atoms with Gasteiger partial charge in [-0.2, -0.15) is 0 Å². The van der Waals surface area contributed by atoms with Gasteiger partial charge in [0.2, 0.25) is 0 Å². The van der Waals surface area contributed by atoms with E-state index in [0.717, 1.165) is 29.2 Å². The topological polar surface area (TPSA) is 59.4 Å². The van der Waals surface area contributed by atoms with Crippen LogP contribution in [0.15, 0.2) is 29.6 Å². The Morgan fingerprint density at radius 3 is 3.05 bits per heavy atom. The fraction of sp³-hybridized carbons (Fsp3) is 0.333. The molecule has 0 unspecified atom stereocenters. The molecule has 0 amide bonds. The largest absolute Gasteiger partial charge is 0.481 e. The van der Waals surface area contributed by atoms with E-state index < -0.39 is 5.97 Å². The van der Waals surface area contributed by atoms with Crippen molar-refractivity contribution in [3.05, 3.63) is 40.9 Å². The fourth-order valence-electron chi connectivity index (χ4n) is 1.80. The molecule has 2 aromatic rings. The summed E-state index contributed by atoms with van der Waals surface area (Å²) >= 11 is 1.47. The molecule has 0 spiro atoms. The molecule has 0 saturated carbocycles. The van der Waals surface area contributed by atoms with Gasteiger partial charge in [0.1, 0.15) is 5.01 Å². The van der Waals surface area contributed by atoms with Crippen LogP contribution in [0, 0.1) is 0 Å². The Hall–Kier alpha value is -1.72. The highest BCUT2D eigenvalue weighted by atomic mass is 32.1. The number of rotatable bonds is 7. The Morgan fingerprint density at radius 1 is 1.45 bits per heavy atom. The molecule has 0 aliphatic rings. The van der Waals surface area contributed by atoms with E-state index in [9.17, 15) is 4.79 Å². The number of aromatic nitrogens is 1. The molecule has 0 fully saturated rings. The van der Waals surface area contributed by atoms with Gasteiger partial charge in [-0.25, -0.2) is 4.98 Å². The molecule has 0 radical (unpaired) electrons. The monoisotopic (exact) mass is 291 g/mol. The number of ether oxygens (including phenoxy) is 1. The molecular weight excluding hydrogens is 274 g/mol. The van der Waals surface area contributed by atoms with Gasteiger partial charge in [-0.05, 0) is 18.1 Å². The highest BCUT2D eigenvalue weighted by molar-refractivity contribution is 7.13. The summed E-state index contributed by atoms with van der Waals surface area (Å²) in [5.41, 5.74) is 2.71. The third kappa shape index (κ3) is 4.15. The average Bonchev–Trinajstić information content (AvgIpc) is 2.87. The number of hydrogen-bond donors (Lipinski definition) is 1. The SMILES string of the molecule is CCCOCc1cccc(-c2nc(CC(=O)O)cs2)c1. The first-order valence-corrected chi connectivity index (χ1v) is 7.40. The number of carboxylic acid groups (broad SMARTS) is 1. The molecular formula is C15H17NO3S. The van der Waals surface area contributed by atoms with Gasteiger partial charge >= 0.3 is 5.97 Å². The maximum atomic E-state index is 10.7. The van der Waals surface area contributed by atoms with Crippen molar-refractivity contribution in [2.75, 3.05) is 6.61 Å². The number of thiazole rings is 1. The summed E-state index contributed by atoms with van der Waals surface area (Å²) in [6.45, 7) is 3.43. The molecule has 1 aromatic heterocycles. The predicted octanol–water partition coefficient (Wildman–Crippen LogP) is 3.36. The molecule has 4 nitrogen and oxygen atoms in total. The summed E-state index contributed by atoms with van der Waals surface area (Å²) in [5, 5.41) is 11.4. The normalized spacial score (nSPS) is 10.7. The molecule has 0 saturated heterocycles. The second-order valence-electron chi connectivity index (χ2n) is 4.47. The van der Waals surface area contributed by atoms with Crippen LogP contribution in [-0.2, 0) is 22.6 Å². The van der Waals surface area contributed by atoms with Crippen molar-refractivity contribution in [3.8, 4) is 10.6 Å². The maximum Gasteiger partial charge on any atom is 0.309 e. The van der Waals surface area contributed by atoms with Crippen LogP contribution in [-0.4, -0.2) is 22.7 Å². The van der Waals surface area contributed by atoms with E-state index in [2.05, 4.69) is 11.9 Å². The average molecular weight is 291 g/mol. The zero-order chi connectivity index (χ0) is 14.4. The molecule has 0 aliphatic carbocycles. The summed E-state index contributed by atoms with van der Waals surface area (Å²) in [4.78, 5) is 15.0. The zero-order valence-electron chi connectivity index (χ0n) is 11.3. The summed E-state index contributed by atoms with van der Waals surface area (Å²) in [6, 6.07) is 8.01. The van der Waals surface area contributed by atoms with Crippen LogP contribution in [0.3, 0.4) is 0 Å². The van der Waals surface area contributed by atoms with Crippen molar-refractivity contribution >= 4 is 17.3 Å². The molecule has 20 heavy (non-hydrogen) atoms. The maximum absolute atomic E-state index is 10.7. The second-order valence-corrected chi connectivity index (χ2v) is 5.33. The van der Waals surface area contributed by atoms with Crippen LogP contribution < -0.4 is 0 Å². The molecule has 0 bridgehead atoms. The molecule has 0 atom stereocenters. The van der Waals surface area contributed by atoms with Crippen LogP contribution in [0.4, 0.5) is 0 Å². The minimum Gasteiger partial charge on any atom is -0.481 e. The zero-order valence-corrected chi connectivity index (χ0v) is 12.2. The lowest BCUT2D eigenvalue weighted by atomic mass is 10.1. The van der Waals surface area contributed by atoms with E-state index in [4.69, 9.17) is 9.84 Å². The third-order valence-electron chi connectivity index (χ3n) is 2.68. The van der Waals surface area contributed by atoms with Crippen LogP contribution in [0.1, 0.15) is 24.6 Å². The molecule has 5 heteroatoms. The lowest BCUT2D eigenvalue weighted by Gasteiger charge is -2.04. The van der Waals surface area contributed by atoms with Crippen molar-refractivity contribution in [3.63, 3.8) is 0 Å². The van der Waals surface area contributed by atoms with Gasteiger partial charge in [0.05, 0.1) is 18.7 Å². The number of hydrogen-bond acceptors (Lipinski definition) is 4. The third-order valence-corrected chi connectivity index (χ3v) is 3.62. The lowest BCUT2D eigenvalue weighted by molar-refractivity contribution is -0.136. The Bertz CT molecular complexity index is 580. The molecule has 0 aliphatic heterocycles. The summed E-state index contributed by atoms with van der Waals surface area (Å²) in [6.07, 6.45) is 0.973. The summed E-state index contributed by atoms with van der Waals surface area (Å²) < 4.78 is 5.52. The van der Waals surface area contributed by atoms with Crippen LogP contribution in [0.25, 0.3) is 10.6 Å². The first-order valence-electron chi connectivity index (χ1n) is 6.52. The van der Waals surface area contributed by atoms with E-state index in [1.807, 2.05) is 24.3 Å². The van der Waals surface area contributed by atoms with Crippen LogP contribution in [0.2, 0.25) is 0 Å². The lowest BCUT2D eigenvalue weighted by Crippen LogP contribution is -1.99. The van der Waals surface area contributed by atoms with Gasteiger partial charge in [-0.1, -0.05) is 25.1 Å². The Labute approximate surface area is 122 Å². The number of nitrogens with zero attached hydrogens (tertiary/aromatic N) is 1. The first kappa shape index (κ1) is 14.7. The number of benzene rings is 1. The van der Waals surface area contributed by atoms with Crippen LogP contribution >= 0.6 is 11.3 Å². The van der Waals surface area contributed by atoms with Gasteiger partial charge in [0.15, 0.2) is 0 Å². The van der Waals surface area contributed by atoms with E-state index in [1.165, 1.54) is 11.3 Å². The molecule has 1 aromatic carbocycles. The van der Waals surface area contributed by atoms with Gasteiger partial charge < -0.3 is 9.84 Å². The Morgan fingerprint density at radius 2 is 2.30 bits per heavy atom. The number of carbonyl (C=O) groups is 1. The van der Waals surface area contributed by atoms with Gasteiger partial charge in [0.25, 0.3) is 0 Å². The quantitative estimate of drug-likeness (QED) is 0.795. The number of carboxylic acids is 1. The van der Waals surface area contributed by atoms with Gasteiger partial charge in [-0.15, -0.1) is 11.3 Å². The molecule has 106 valence electrons. The molecule has 2 rings (SSSR count). The summed E-state index contributed by atoms with van der Waals surface area (Å²) in [5.74, 6) is -0.858. The number of aliphatic carboxylic acids is 1.